The number of imidazole rings is 1. The molecule has 1 amide bonds. The summed E-state index contributed by atoms with van der Waals surface area (Å²) in [6, 6.07) is 5.73. The summed E-state index contributed by atoms with van der Waals surface area (Å²) in [7, 11) is 0. The van der Waals surface area contributed by atoms with Gasteiger partial charge in [0.1, 0.15) is 17.2 Å². The molecule has 4 saturated carbocycles. The zero-order valence-corrected chi connectivity index (χ0v) is 17.0. The Kier molecular flexibility index (Phi) is 4.14. The van der Waals surface area contributed by atoms with Crippen molar-refractivity contribution in [3.63, 3.8) is 0 Å². The van der Waals surface area contributed by atoms with Crippen molar-refractivity contribution >= 4 is 11.6 Å². The Hall–Kier alpha value is -2.77. The Balaban J connectivity index is 1.17. The molecule has 8 heteroatoms. The maximum Gasteiger partial charge on any atom is 0.268 e. The van der Waals surface area contributed by atoms with Gasteiger partial charge in [-0.05, 0) is 90.7 Å². The van der Waals surface area contributed by atoms with Gasteiger partial charge in [-0.2, -0.15) is 0 Å². The maximum absolute atomic E-state index is 13.1. The first-order chi connectivity index (χ1) is 14.7. The lowest BCUT2D eigenvalue weighted by atomic mass is 9.49. The summed E-state index contributed by atoms with van der Waals surface area (Å²) in [6.45, 7) is 0.811. The molecule has 0 aliphatic heterocycles. The molecule has 4 fully saturated rings. The van der Waals surface area contributed by atoms with E-state index < -0.39 is 0 Å². The zero-order chi connectivity index (χ0) is 20.1. The predicted molar refractivity (Wildman–Crippen MR) is 110 cm³/mol. The van der Waals surface area contributed by atoms with Crippen LogP contribution in [0.1, 0.15) is 60.5 Å². The van der Waals surface area contributed by atoms with Gasteiger partial charge in [0.05, 0.1) is 5.69 Å². The van der Waals surface area contributed by atoms with Gasteiger partial charge in [0.25, 0.3) is 5.91 Å². The first kappa shape index (κ1) is 18.0. The van der Waals surface area contributed by atoms with Gasteiger partial charge in [0.2, 0.25) is 0 Å². The lowest BCUT2D eigenvalue weighted by Crippen LogP contribution is -2.51. The van der Waals surface area contributed by atoms with Gasteiger partial charge >= 0.3 is 0 Å². The summed E-state index contributed by atoms with van der Waals surface area (Å²) >= 11 is 0. The molecule has 8 nitrogen and oxygen atoms in total. The van der Waals surface area contributed by atoms with Gasteiger partial charge < -0.3 is 5.32 Å². The van der Waals surface area contributed by atoms with Crippen LogP contribution in [0.25, 0.3) is 5.65 Å². The number of H-pyrrole nitrogens is 1. The fourth-order valence-electron chi connectivity index (χ4n) is 6.76. The molecular formula is C22H27N7O. The van der Waals surface area contributed by atoms with Crippen molar-refractivity contribution in [2.75, 3.05) is 6.54 Å². The number of aromatic nitrogens is 6. The first-order valence-electron chi connectivity index (χ1n) is 11.1. The largest absolute Gasteiger partial charge is 0.350 e. The molecule has 156 valence electrons. The van der Waals surface area contributed by atoms with Gasteiger partial charge in [0.15, 0.2) is 0 Å². The van der Waals surface area contributed by atoms with Crippen LogP contribution in [0.3, 0.4) is 0 Å². The molecule has 0 aromatic carbocycles. The van der Waals surface area contributed by atoms with Gasteiger partial charge in [-0.1, -0.05) is 6.07 Å². The van der Waals surface area contributed by atoms with Crippen molar-refractivity contribution in [1.82, 2.24) is 35.3 Å². The molecule has 0 atom stereocenters. The van der Waals surface area contributed by atoms with E-state index in [4.69, 9.17) is 0 Å². The Morgan fingerprint density at radius 1 is 1.13 bits per heavy atom. The molecule has 30 heavy (non-hydrogen) atoms. The summed E-state index contributed by atoms with van der Waals surface area (Å²) in [5.74, 6) is 3.42. The third-order valence-electron chi connectivity index (χ3n) is 7.57. The summed E-state index contributed by atoms with van der Waals surface area (Å²) in [6.07, 6.45) is 11.5. The average Bonchev–Trinajstić information content (AvgIpc) is 3.38. The number of carbonyl (C=O) groups excluding carboxylic acids is 1. The summed E-state index contributed by atoms with van der Waals surface area (Å²) < 4.78 is 1.91. The summed E-state index contributed by atoms with van der Waals surface area (Å²) in [4.78, 5) is 17.8. The van der Waals surface area contributed by atoms with Crippen molar-refractivity contribution in [1.29, 1.82) is 0 Å². The Morgan fingerprint density at radius 3 is 2.60 bits per heavy atom. The van der Waals surface area contributed by atoms with Crippen molar-refractivity contribution in [2.45, 2.75) is 51.4 Å². The minimum absolute atomic E-state index is 0.000250. The van der Waals surface area contributed by atoms with E-state index in [1.165, 1.54) is 38.5 Å². The monoisotopic (exact) mass is 405 g/mol. The van der Waals surface area contributed by atoms with Gasteiger partial charge in [0, 0.05) is 19.2 Å². The van der Waals surface area contributed by atoms with Crippen LogP contribution < -0.4 is 5.32 Å². The third kappa shape index (κ3) is 3.18. The molecule has 3 aromatic rings. The Labute approximate surface area is 174 Å². The van der Waals surface area contributed by atoms with Crippen LogP contribution in [0.15, 0.2) is 24.4 Å². The number of nitrogens with zero attached hydrogens (tertiary/aromatic N) is 5. The van der Waals surface area contributed by atoms with E-state index in [1.54, 1.807) is 0 Å². The number of pyridine rings is 1. The van der Waals surface area contributed by atoms with Crippen LogP contribution in [0, 0.1) is 23.2 Å². The second kappa shape index (κ2) is 6.89. The normalized spacial score (nSPS) is 29.5. The van der Waals surface area contributed by atoms with E-state index in [0.717, 1.165) is 41.5 Å². The summed E-state index contributed by atoms with van der Waals surface area (Å²) in [5, 5.41) is 17.2. The lowest BCUT2D eigenvalue weighted by molar-refractivity contribution is -0.0503. The van der Waals surface area contributed by atoms with Gasteiger partial charge in [-0.3, -0.25) is 9.20 Å². The minimum Gasteiger partial charge on any atom is -0.350 e. The van der Waals surface area contributed by atoms with Crippen LogP contribution >= 0.6 is 0 Å². The molecule has 4 bridgehead atoms. The van der Waals surface area contributed by atoms with Crippen LogP contribution in [-0.4, -0.2) is 42.5 Å². The van der Waals surface area contributed by atoms with Gasteiger partial charge in [-0.15, -0.1) is 5.10 Å². The molecule has 0 radical (unpaired) electrons. The number of carbonyl (C=O) groups is 1. The van der Waals surface area contributed by atoms with E-state index >= 15 is 0 Å². The highest BCUT2D eigenvalue weighted by Crippen LogP contribution is 2.59. The molecule has 0 saturated heterocycles. The van der Waals surface area contributed by atoms with Gasteiger partial charge in [-0.25, -0.2) is 10.1 Å². The SMILES string of the molecule is O=C(NCC12CC3CC(CC(C3)C1)C2)c1cccc2nc(CCc3nnn[nH]3)cn12. The van der Waals surface area contributed by atoms with Crippen molar-refractivity contribution in [3.8, 4) is 0 Å². The highest BCUT2D eigenvalue weighted by atomic mass is 16.1. The predicted octanol–water partition coefficient (Wildman–Crippen LogP) is 2.58. The fourth-order valence-corrected chi connectivity index (χ4v) is 6.76. The number of fused-ring (bicyclic) bond motifs is 1. The molecule has 3 aromatic heterocycles. The number of amides is 1. The zero-order valence-electron chi connectivity index (χ0n) is 17.0. The van der Waals surface area contributed by atoms with Crippen molar-refractivity contribution < 1.29 is 4.79 Å². The number of hydrogen-bond donors (Lipinski definition) is 2. The first-order valence-corrected chi connectivity index (χ1v) is 11.1. The van der Waals surface area contributed by atoms with E-state index in [-0.39, 0.29) is 5.91 Å². The lowest BCUT2D eigenvalue weighted by Gasteiger charge is -2.56. The van der Waals surface area contributed by atoms with E-state index in [2.05, 4.69) is 30.9 Å². The van der Waals surface area contributed by atoms with Crippen molar-refractivity contribution in [3.05, 3.63) is 41.6 Å². The van der Waals surface area contributed by atoms with Crippen LogP contribution in [0.2, 0.25) is 0 Å². The quantitative estimate of drug-likeness (QED) is 0.656. The Bertz CT molecular complexity index is 1040. The molecule has 2 N–H and O–H groups in total. The van der Waals surface area contributed by atoms with E-state index in [0.29, 0.717) is 24.0 Å². The fraction of sp³-hybridized carbons (Fsp3) is 0.591. The summed E-state index contributed by atoms with van der Waals surface area (Å²) in [5.41, 5.74) is 2.71. The highest BCUT2D eigenvalue weighted by molar-refractivity contribution is 5.93. The number of aromatic amines is 1. The molecular weight excluding hydrogens is 378 g/mol. The molecule has 7 rings (SSSR count). The van der Waals surface area contributed by atoms with Crippen molar-refractivity contribution in [2.24, 2.45) is 23.2 Å². The smallest absolute Gasteiger partial charge is 0.268 e. The average molecular weight is 406 g/mol. The second-order valence-electron chi connectivity index (χ2n) is 9.82. The molecule has 0 unspecified atom stereocenters. The molecule has 4 aliphatic carbocycles. The number of nitrogens with one attached hydrogen (secondary N) is 2. The molecule has 4 aliphatic rings. The van der Waals surface area contributed by atoms with Crippen LogP contribution in [-0.2, 0) is 12.8 Å². The maximum atomic E-state index is 13.1. The van der Waals surface area contributed by atoms with E-state index in [9.17, 15) is 4.79 Å². The second-order valence-corrected chi connectivity index (χ2v) is 9.82. The number of tetrazole rings is 1. The molecule has 0 spiro atoms. The number of hydrogen-bond acceptors (Lipinski definition) is 5. The van der Waals surface area contributed by atoms with E-state index in [1.807, 2.05) is 28.8 Å². The third-order valence-corrected chi connectivity index (χ3v) is 7.57. The minimum atomic E-state index is -0.000250. The number of aryl methyl sites for hydroxylation is 2. The highest BCUT2D eigenvalue weighted by Gasteiger charge is 2.50. The topological polar surface area (TPSA) is 101 Å². The Morgan fingerprint density at radius 2 is 1.90 bits per heavy atom. The number of rotatable bonds is 6. The van der Waals surface area contributed by atoms with Crippen LogP contribution in [0.4, 0.5) is 0 Å². The standard InChI is InChI=1S/C22H27N7O/c30-21(23-13-22-9-14-6-15(10-22)8-16(7-14)11-22)18-2-1-3-20-24-17(12-29(18)20)4-5-19-25-27-28-26-19/h1-3,12,14-16H,4-11,13H2,(H,23,30)(H,25,26,27,28). The van der Waals surface area contributed by atoms with Crippen LogP contribution in [0.5, 0.6) is 0 Å². The molecule has 3 heterocycles.